The van der Waals surface area contributed by atoms with Crippen molar-refractivity contribution in [3.8, 4) is 0 Å². The molecule has 0 aromatic carbocycles. The minimum atomic E-state index is -0.225. The number of carbonyl (C=O) groups excluding carboxylic acids is 1. The minimum absolute atomic E-state index is 0.225. The van der Waals surface area contributed by atoms with Gasteiger partial charge in [0.15, 0.2) is 0 Å². The molecule has 1 amide bonds. The van der Waals surface area contributed by atoms with Crippen molar-refractivity contribution in [3.05, 3.63) is 47.1 Å². The fraction of sp³-hybridized carbons (Fsp3) is 0.286. The Bertz CT molecular complexity index is 606. The van der Waals surface area contributed by atoms with Gasteiger partial charge in [0, 0.05) is 18.3 Å². The van der Waals surface area contributed by atoms with Gasteiger partial charge in [-0.25, -0.2) is 15.0 Å². The van der Waals surface area contributed by atoms with Crippen molar-refractivity contribution in [1.29, 1.82) is 0 Å². The standard InChI is InChI=1S/C14H16ClN5O/c1-2-4-17-13-7-10(6-12(15)20-13)14(21)18-8-11-3-5-16-9-19-11/h3,5-7,9H,2,4,8H2,1H3,(H,17,20)(H,18,21). The van der Waals surface area contributed by atoms with Crippen LogP contribution in [-0.4, -0.2) is 27.4 Å². The molecular formula is C14H16ClN5O. The van der Waals surface area contributed by atoms with E-state index in [0.717, 1.165) is 18.7 Å². The van der Waals surface area contributed by atoms with Crippen LogP contribution in [0.25, 0.3) is 0 Å². The predicted molar refractivity (Wildman–Crippen MR) is 81.2 cm³/mol. The van der Waals surface area contributed by atoms with Crippen molar-refractivity contribution in [1.82, 2.24) is 20.3 Å². The maximum atomic E-state index is 12.1. The summed E-state index contributed by atoms with van der Waals surface area (Å²) in [7, 11) is 0. The summed E-state index contributed by atoms with van der Waals surface area (Å²) in [6.45, 7) is 3.15. The highest BCUT2D eigenvalue weighted by molar-refractivity contribution is 6.29. The first-order chi connectivity index (χ1) is 10.2. The molecule has 0 unspecified atom stereocenters. The molecule has 0 aliphatic rings. The van der Waals surface area contributed by atoms with Gasteiger partial charge in [-0.05, 0) is 24.6 Å². The summed E-state index contributed by atoms with van der Waals surface area (Å²) in [5, 5.41) is 6.17. The van der Waals surface area contributed by atoms with Crippen LogP contribution in [0.2, 0.25) is 5.15 Å². The molecule has 0 spiro atoms. The summed E-state index contributed by atoms with van der Waals surface area (Å²) < 4.78 is 0. The first-order valence-electron chi connectivity index (χ1n) is 6.63. The monoisotopic (exact) mass is 305 g/mol. The van der Waals surface area contributed by atoms with E-state index >= 15 is 0 Å². The molecule has 0 fully saturated rings. The third-order valence-corrected chi connectivity index (χ3v) is 2.88. The van der Waals surface area contributed by atoms with Gasteiger partial charge in [0.2, 0.25) is 0 Å². The number of hydrogen-bond acceptors (Lipinski definition) is 5. The Labute approximate surface area is 128 Å². The van der Waals surface area contributed by atoms with Crippen molar-refractivity contribution in [2.45, 2.75) is 19.9 Å². The third kappa shape index (κ3) is 4.68. The average Bonchev–Trinajstić information content (AvgIpc) is 2.51. The van der Waals surface area contributed by atoms with Crippen LogP contribution in [0.1, 0.15) is 29.4 Å². The predicted octanol–water partition coefficient (Wildman–Crippen LogP) is 2.28. The lowest BCUT2D eigenvalue weighted by Crippen LogP contribution is -2.23. The first kappa shape index (κ1) is 15.2. The van der Waals surface area contributed by atoms with E-state index in [1.165, 1.54) is 12.4 Å². The zero-order chi connectivity index (χ0) is 15.1. The van der Waals surface area contributed by atoms with Crippen molar-refractivity contribution < 1.29 is 4.79 Å². The number of anilines is 1. The van der Waals surface area contributed by atoms with Gasteiger partial charge < -0.3 is 10.6 Å². The Morgan fingerprint density at radius 1 is 1.38 bits per heavy atom. The summed E-state index contributed by atoms with van der Waals surface area (Å²) in [4.78, 5) is 24.1. The maximum Gasteiger partial charge on any atom is 0.251 e. The Kier molecular flexibility index (Phi) is 5.45. The molecule has 0 aliphatic heterocycles. The number of halogens is 1. The summed E-state index contributed by atoms with van der Waals surface area (Å²) in [6, 6.07) is 4.96. The van der Waals surface area contributed by atoms with Gasteiger partial charge in [-0.2, -0.15) is 0 Å². The molecule has 6 nitrogen and oxygen atoms in total. The highest BCUT2D eigenvalue weighted by Gasteiger charge is 2.09. The van der Waals surface area contributed by atoms with Crippen molar-refractivity contribution in [2.24, 2.45) is 0 Å². The Balaban J connectivity index is 2.03. The van der Waals surface area contributed by atoms with Crippen LogP contribution >= 0.6 is 11.6 Å². The quantitative estimate of drug-likeness (QED) is 0.800. The minimum Gasteiger partial charge on any atom is -0.370 e. The van der Waals surface area contributed by atoms with E-state index in [-0.39, 0.29) is 11.1 Å². The number of nitrogens with zero attached hydrogens (tertiary/aromatic N) is 3. The SMILES string of the molecule is CCCNc1cc(C(=O)NCc2ccncn2)cc(Cl)n1. The molecule has 2 N–H and O–H groups in total. The van der Waals surface area contributed by atoms with E-state index in [4.69, 9.17) is 11.6 Å². The molecule has 21 heavy (non-hydrogen) atoms. The molecule has 0 saturated heterocycles. The lowest BCUT2D eigenvalue weighted by molar-refractivity contribution is 0.0950. The molecule has 0 aliphatic carbocycles. The molecule has 2 aromatic rings. The van der Waals surface area contributed by atoms with E-state index in [1.807, 2.05) is 6.92 Å². The molecular weight excluding hydrogens is 290 g/mol. The van der Waals surface area contributed by atoms with Gasteiger partial charge in [-0.3, -0.25) is 4.79 Å². The second-order valence-electron chi connectivity index (χ2n) is 4.37. The fourth-order valence-corrected chi connectivity index (χ4v) is 1.88. The number of amides is 1. The van der Waals surface area contributed by atoms with Gasteiger partial charge >= 0.3 is 0 Å². The average molecular weight is 306 g/mol. The van der Waals surface area contributed by atoms with Crippen LogP contribution in [0.4, 0.5) is 5.82 Å². The van der Waals surface area contributed by atoms with Crippen molar-refractivity contribution >= 4 is 23.3 Å². The topological polar surface area (TPSA) is 79.8 Å². The Morgan fingerprint density at radius 3 is 2.95 bits per heavy atom. The van der Waals surface area contributed by atoms with E-state index in [9.17, 15) is 4.79 Å². The van der Waals surface area contributed by atoms with Crippen LogP contribution in [-0.2, 0) is 6.54 Å². The number of rotatable bonds is 6. The maximum absolute atomic E-state index is 12.1. The zero-order valence-corrected chi connectivity index (χ0v) is 12.4. The van der Waals surface area contributed by atoms with Crippen LogP contribution in [0.3, 0.4) is 0 Å². The van der Waals surface area contributed by atoms with Gasteiger partial charge in [0.1, 0.15) is 17.3 Å². The molecule has 7 heteroatoms. The van der Waals surface area contributed by atoms with E-state index in [0.29, 0.717) is 17.9 Å². The molecule has 0 bridgehead atoms. The highest BCUT2D eigenvalue weighted by Crippen LogP contribution is 2.14. The smallest absolute Gasteiger partial charge is 0.251 e. The van der Waals surface area contributed by atoms with E-state index < -0.39 is 0 Å². The van der Waals surface area contributed by atoms with Crippen molar-refractivity contribution in [3.63, 3.8) is 0 Å². The second-order valence-corrected chi connectivity index (χ2v) is 4.76. The first-order valence-corrected chi connectivity index (χ1v) is 7.01. The lowest BCUT2D eigenvalue weighted by atomic mass is 10.2. The molecule has 2 rings (SSSR count). The highest BCUT2D eigenvalue weighted by atomic mass is 35.5. The molecule has 2 heterocycles. The largest absolute Gasteiger partial charge is 0.370 e. The fourth-order valence-electron chi connectivity index (χ4n) is 1.67. The van der Waals surface area contributed by atoms with Crippen LogP contribution in [0, 0.1) is 0 Å². The van der Waals surface area contributed by atoms with Gasteiger partial charge in [0.05, 0.1) is 12.2 Å². The summed E-state index contributed by atoms with van der Waals surface area (Å²) >= 11 is 5.94. The van der Waals surface area contributed by atoms with Crippen LogP contribution in [0.5, 0.6) is 0 Å². The number of pyridine rings is 1. The summed E-state index contributed by atoms with van der Waals surface area (Å²) in [5.74, 6) is 0.369. The summed E-state index contributed by atoms with van der Waals surface area (Å²) in [6.07, 6.45) is 4.03. The molecule has 2 aromatic heterocycles. The number of aromatic nitrogens is 3. The van der Waals surface area contributed by atoms with E-state index in [1.54, 1.807) is 18.3 Å². The van der Waals surface area contributed by atoms with Gasteiger partial charge in [-0.1, -0.05) is 18.5 Å². The number of carbonyl (C=O) groups is 1. The second kappa shape index (κ2) is 7.54. The number of hydrogen-bond donors (Lipinski definition) is 2. The zero-order valence-electron chi connectivity index (χ0n) is 11.6. The lowest BCUT2D eigenvalue weighted by Gasteiger charge is -2.08. The molecule has 0 atom stereocenters. The van der Waals surface area contributed by atoms with Crippen molar-refractivity contribution in [2.75, 3.05) is 11.9 Å². The Hall–Kier alpha value is -2.21. The van der Waals surface area contributed by atoms with Crippen LogP contribution < -0.4 is 10.6 Å². The number of nitrogens with one attached hydrogen (secondary N) is 2. The van der Waals surface area contributed by atoms with E-state index in [2.05, 4.69) is 25.6 Å². The Morgan fingerprint density at radius 2 is 2.24 bits per heavy atom. The molecule has 0 radical (unpaired) electrons. The van der Waals surface area contributed by atoms with Gasteiger partial charge in [-0.15, -0.1) is 0 Å². The molecule has 110 valence electrons. The normalized spacial score (nSPS) is 10.2. The molecule has 0 saturated carbocycles. The van der Waals surface area contributed by atoms with Gasteiger partial charge in [0.25, 0.3) is 5.91 Å². The summed E-state index contributed by atoms with van der Waals surface area (Å²) in [5.41, 5.74) is 1.20. The van der Waals surface area contributed by atoms with Crippen LogP contribution in [0.15, 0.2) is 30.7 Å². The third-order valence-electron chi connectivity index (χ3n) is 2.69.